The molecule has 0 unspecified atom stereocenters. The molecular weight excluding hydrogens is 525 g/mol. The van der Waals surface area contributed by atoms with Gasteiger partial charge in [0.25, 0.3) is 5.91 Å². The number of anilines is 3. The molecule has 0 aliphatic carbocycles. The van der Waals surface area contributed by atoms with Crippen LogP contribution in [-0.4, -0.2) is 29.8 Å². The lowest BCUT2D eigenvalue weighted by Crippen LogP contribution is -2.35. The quantitative estimate of drug-likeness (QED) is 0.270. The Bertz CT molecular complexity index is 1510. The Morgan fingerprint density at radius 2 is 1.65 bits per heavy atom. The highest BCUT2D eigenvalue weighted by molar-refractivity contribution is 6.07. The van der Waals surface area contributed by atoms with Gasteiger partial charge in [-0.2, -0.15) is 0 Å². The van der Waals surface area contributed by atoms with Crippen LogP contribution < -0.4 is 25.0 Å². The molecule has 0 bridgehead atoms. The second-order valence-electron chi connectivity index (χ2n) is 8.80. The van der Waals surface area contributed by atoms with E-state index in [0.717, 1.165) is 30.5 Å². The fraction of sp³-hybridized carbons (Fsp3) is 0.138. The number of nitrogens with one attached hydrogen (secondary N) is 2. The Hall–Kier alpha value is -5.06. The summed E-state index contributed by atoms with van der Waals surface area (Å²) in [6, 6.07) is 21.7. The lowest BCUT2D eigenvalue weighted by atomic mass is 10.00. The highest BCUT2D eigenvalue weighted by atomic mass is 19.4. The number of hydrogen-bond acceptors (Lipinski definition) is 5. The largest absolute Gasteiger partial charge is 0.573 e. The first-order chi connectivity index (χ1) is 19.3. The number of rotatable bonds is 6. The van der Waals surface area contributed by atoms with Crippen molar-refractivity contribution in [3.8, 4) is 17.4 Å². The molecule has 8 nitrogen and oxygen atoms in total. The number of fused-ring (bicyclic) bond motifs is 1. The summed E-state index contributed by atoms with van der Waals surface area (Å²) in [6.07, 6.45) is -1.74. The number of carbonyl (C=O) groups excluding carboxylic acids is 2. The zero-order chi connectivity index (χ0) is 28.1. The van der Waals surface area contributed by atoms with Crippen molar-refractivity contribution in [1.82, 2.24) is 4.98 Å². The van der Waals surface area contributed by atoms with Crippen molar-refractivity contribution in [2.45, 2.75) is 19.2 Å². The molecule has 40 heavy (non-hydrogen) atoms. The number of pyridine rings is 1. The van der Waals surface area contributed by atoms with E-state index in [2.05, 4.69) is 20.4 Å². The fourth-order valence-electron chi connectivity index (χ4n) is 4.33. The highest BCUT2D eigenvalue weighted by Crippen LogP contribution is 2.40. The maximum atomic E-state index is 13.4. The molecule has 2 heterocycles. The first kappa shape index (κ1) is 26.5. The SMILES string of the molecule is O=C(Nc1ccc(OC(F)(F)F)cc1)Nc1cccnc1Oc1cccc2c1N(C(=O)c1ccccc1)CCC2. The van der Waals surface area contributed by atoms with Crippen molar-refractivity contribution in [2.24, 2.45) is 0 Å². The van der Waals surface area contributed by atoms with Gasteiger partial charge in [-0.3, -0.25) is 4.79 Å². The molecule has 4 aromatic rings. The maximum absolute atomic E-state index is 13.4. The number of ether oxygens (including phenoxy) is 2. The number of aryl methyl sites for hydroxylation is 1. The van der Waals surface area contributed by atoms with Gasteiger partial charge in [0.1, 0.15) is 11.4 Å². The molecule has 3 amide bonds. The molecule has 1 aromatic heterocycles. The minimum Gasteiger partial charge on any atom is -0.435 e. The average molecular weight is 549 g/mol. The molecular formula is C29H23F3N4O4. The summed E-state index contributed by atoms with van der Waals surface area (Å²) in [5.41, 5.74) is 2.64. The predicted molar refractivity (Wildman–Crippen MR) is 143 cm³/mol. The topological polar surface area (TPSA) is 92.8 Å². The molecule has 0 saturated carbocycles. The van der Waals surface area contributed by atoms with Crippen molar-refractivity contribution in [1.29, 1.82) is 0 Å². The van der Waals surface area contributed by atoms with E-state index in [0.29, 0.717) is 23.5 Å². The molecule has 2 N–H and O–H groups in total. The number of carbonyl (C=O) groups is 2. The summed E-state index contributed by atoms with van der Waals surface area (Å²) in [4.78, 5) is 32.0. The molecule has 5 rings (SSSR count). The highest BCUT2D eigenvalue weighted by Gasteiger charge is 2.31. The number of halogens is 3. The van der Waals surface area contributed by atoms with Crippen molar-refractivity contribution in [3.63, 3.8) is 0 Å². The van der Waals surface area contributed by atoms with Crippen molar-refractivity contribution < 1.29 is 32.2 Å². The van der Waals surface area contributed by atoms with Gasteiger partial charge >= 0.3 is 12.4 Å². The van der Waals surface area contributed by atoms with Crippen LogP contribution >= 0.6 is 0 Å². The summed E-state index contributed by atoms with van der Waals surface area (Å²) in [7, 11) is 0. The van der Waals surface area contributed by atoms with Crippen LogP contribution in [0.4, 0.5) is 35.0 Å². The predicted octanol–water partition coefficient (Wildman–Crippen LogP) is 7.01. The van der Waals surface area contributed by atoms with Gasteiger partial charge in [-0.25, -0.2) is 9.78 Å². The molecule has 0 fully saturated rings. The zero-order valence-corrected chi connectivity index (χ0v) is 20.9. The first-order valence-electron chi connectivity index (χ1n) is 12.3. The number of aromatic nitrogens is 1. The zero-order valence-electron chi connectivity index (χ0n) is 20.9. The minimum atomic E-state index is -4.81. The normalized spacial score (nSPS) is 12.7. The monoisotopic (exact) mass is 548 g/mol. The minimum absolute atomic E-state index is 0.0951. The van der Waals surface area contributed by atoms with Gasteiger partial charge < -0.3 is 25.0 Å². The molecule has 0 saturated heterocycles. The van der Waals surface area contributed by atoms with Gasteiger partial charge in [0.15, 0.2) is 5.75 Å². The van der Waals surface area contributed by atoms with E-state index in [1.807, 2.05) is 30.3 Å². The maximum Gasteiger partial charge on any atom is 0.573 e. The average Bonchev–Trinajstić information content (AvgIpc) is 2.94. The van der Waals surface area contributed by atoms with Crippen LogP contribution in [0.3, 0.4) is 0 Å². The number of benzene rings is 3. The van der Waals surface area contributed by atoms with Crippen LogP contribution in [0.1, 0.15) is 22.3 Å². The number of para-hydroxylation sites is 1. The summed E-state index contributed by atoms with van der Waals surface area (Å²) in [6.45, 7) is 0.517. The Morgan fingerprint density at radius 3 is 2.40 bits per heavy atom. The number of urea groups is 1. The Kier molecular flexibility index (Phi) is 7.54. The van der Waals surface area contributed by atoms with Gasteiger partial charge in [-0.1, -0.05) is 30.3 Å². The molecule has 3 aromatic carbocycles. The van der Waals surface area contributed by atoms with Gasteiger partial charge in [0, 0.05) is 24.0 Å². The van der Waals surface area contributed by atoms with Gasteiger partial charge in [0.2, 0.25) is 5.88 Å². The molecule has 0 radical (unpaired) electrons. The van der Waals surface area contributed by atoms with Crippen LogP contribution in [0.2, 0.25) is 0 Å². The van der Waals surface area contributed by atoms with E-state index < -0.39 is 18.1 Å². The first-order valence-corrected chi connectivity index (χ1v) is 12.3. The lowest BCUT2D eigenvalue weighted by molar-refractivity contribution is -0.274. The smallest absolute Gasteiger partial charge is 0.435 e. The van der Waals surface area contributed by atoms with E-state index >= 15 is 0 Å². The van der Waals surface area contributed by atoms with E-state index in [-0.39, 0.29) is 23.2 Å². The van der Waals surface area contributed by atoms with Crippen LogP contribution in [-0.2, 0) is 6.42 Å². The summed E-state index contributed by atoms with van der Waals surface area (Å²) in [5.74, 6) is -0.0584. The third-order valence-corrected chi connectivity index (χ3v) is 6.02. The Labute approximate surface area is 227 Å². The second-order valence-corrected chi connectivity index (χ2v) is 8.80. The number of nitrogens with zero attached hydrogens (tertiary/aromatic N) is 2. The van der Waals surface area contributed by atoms with Crippen LogP contribution in [0.15, 0.2) is 91.1 Å². The molecule has 11 heteroatoms. The number of alkyl halides is 3. The summed E-state index contributed by atoms with van der Waals surface area (Å²) >= 11 is 0. The summed E-state index contributed by atoms with van der Waals surface area (Å²) in [5, 5.41) is 5.18. The van der Waals surface area contributed by atoms with Gasteiger partial charge in [-0.05, 0) is 73.0 Å². The van der Waals surface area contributed by atoms with Crippen LogP contribution in [0.25, 0.3) is 0 Å². The van der Waals surface area contributed by atoms with Crippen LogP contribution in [0, 0.1) is 0 Å². The van der Waals surface area contributed by atoms with E-state index in [4.69, 9.17) is 4.74 Å². The van der Waals surface area contributed by atoms with E-state index in [1.54, 1.807) is 35.2 Å². The van der Waals surface area contributed by atoms with Crippen molar-refractivity contribution >= 4 is 29.0 Å². The van der Waals surface area contributed by atoms with Gasteiger partial charge in [-0.15, -0.1) is 13.2 Å². The third kappa shape index (κ3) is 6.32. The van der Waals surface area contributed by atoms with E-state index in [1.165, 1.54) is 18.3 Å². The molecule has 204 valence electrons. The number of amides is 3. The van der Waals surface area contributed by atoms with Gasteiger partial charge in [0.05, 0.1) is 5.69 Å². The molecule has 0 spiro atoms. The molecule has 1 aliphatic rings. The standard InChI is InChI=1S/C29H23F3N4O4/c30-29(31,32)40-22-15-13-21(14-16-22)34-28(38)35-23-11-5-17-33-26(23)39-24-12-4-9-19-10-6-18-36(25(19)24)27(37)20-7-2-1-3-8-20/h1-5,7-9,11-17H,6,10,18H2,(H2,34,35,38). The Morgan fingerprint density at radius 1 is 0.875 bits per heavy atom. The third-order valence-electron chi connectivity index (χ3n) is 6.02. The fourth-order valence-corrected chi connectivity index (χ4v) is 4.33. The van der Waals surface area contributed by atoms with E-state index in [9.17, 15) is 22.8 Å². The number of hydrogen-bond donors (Lipinski definition) is 2. The molecule has 0 atom stereocenters. The summed E-state index contributed by atoms with van der Waals surface area (Å²) < 4.78 is 47.1. The van der Waals surface area contributed by atoms with Crippen LogP contribution in [0.5, 0.6) is 17.4 Å². The molecule has 1 aliphatic heterocycles. The lowest BCUT2D eigenvalue weighted by Gasteiger charge is -2.31. The second kappa shape index (κ2) is 11.4. The van der Waals surface area contributed by atoms with Crippen molar-refractivity contribution in [2.75, 3.05) is 22.1 Å². The van der Waals surface area contributed by atoms with Crippen molar-refractivity contribution in [3.05, 3.63) is 102 Å². The Balaban J connectivity index is 1.34.